The Morgan fingerprint density at radius 2 is 2.20 bits per heavy atom. The third kappa shape index (κ3) is 1.28. The average Bonchev–Trinajstić information content (AvgIpc) is 2.72. The highest BCUT2D eigenvalue weighted by molar-refractivity contribution is 7.98. The normalized spacial score (nSPS) is 13.4. The number of thioether (sulfide) groups is 1. The summed E-state index contributed by atoms with van der Waals surface area (Å²) < 4.78 is 2.17. The molecule has 0 atom stereocenters. The molecule has 2 aromatic rings. The van der Waals surface area contributed by atoms with Gasteiger partial charge in [0.25, 0.3) is 0 Å². The zero-order chi connectivity index (χ0) is 10.3. The monoisotopic (exact) mass is 217 g/mol. The molecule has 3 rings (SSSR count). The van der Waals surface area contributed by atoms with Gasteiger partial charge in [0.15, 0.2) is 5.16 Å². The lowest BCUT2D eigenvalue weighted by atomic mass is 10.2. The average molecular weight is 217 g/mol. The number of rotatable bonds is 1. The lowest BCUT2D eigenvalue weighted by Crippen LogP contribution is -2.08. The molecule has 0 amide bonds. The van der Waals surface area contributed by atoms with Crippen LogP contribution in [-0.2, 0) is 12.2 Å². The van der Waals surface area contributed by atoms with Crippen molar-refractivity contribution in [3.05, 3.63) is 35.7 Å². The van der Waals surface area contributed by atoms with E-state index in [0.717, 1.165) is 23.2 Å². The van der Waals surface area contributed by atoms with Crippen molar-refractivity contribution >= 4 is 11.8 Å². The van der Waals surface area contributed by atoms with Gasteiger partial charge in [-0.3, -0.25) is 4.57 Å². The predicted molar refractivity (Wildman–Crippen MR) is 60.3 cm³/mol. The topological polar surface area (TPSA) is 30.7 Å². The Morgan fingerprint density at radius 3 is 3.07 bits per heavy atom. The van der Waals surface area contributed by atoms with E-state index in [1.807, 2.05) is 0 Å². The van der Waals surface area contributed by atoms with Crippen LogP contribution in [0.1, 0.15) is 18.3 Å². The molecule has 0 spiro atoms. The van der Waals surface area contributed by atoms with Gasteiger partial charge in [0, 0.05) is 12.2 Å². The van der Waals surface area contributed by atoms with Crippen LogP contribution in [0.25, 0.3) is 5.69 Å². The molecule has 0 aliphatic carbocycles. The van der Waals surface area contributed by atoms with Crippen LogP contribution < -0.4 is 0 Å². The molecule has 15 heavy (non-hydrogen) atoms. The number of fused-ring (bicyclic) bond motifs is 3. The number of nitrogens with zero attached hydrogens (tertiary/aromatic N) is 3. The minimum atomic E-state index is 0.919. The number of aromatic nitrogens is 3. The van der Waals surface area contributed by atoms with Crippen LogP contribution in [-0.4, -0.2) is 14.8 Å². The van der Waals surface area contributed by atoms with Gasteiger partial charge in [-0.25, -0.2) is 0 Å². The Hall–Kier alpha value is -1.29. The van der Waals surface area contributed by atoms with E-state index in [4.69, 9.17) is 0 Å². The largest absolute Gasteiger partial charge is 0.274 e. The Labute approximate surface area is 92.5 Å². The van der Waals surface area contributed by atoms with Crippen molar-refractivity contribution in [1.29, 1.82) is 0 Å². The van der Waals surface area contributed by atoms with Crippen molar-refractivity contribution < 1.29 is 0 Å². The molecule has 0 unspecified atom stereocenters. The van der Waals surface area contributed by atoms with Gasteiger partial charge in [-0.1, -0.05) is 36.9 Å². The molecule has 1 aliphatic heterocycles. The van der Waals surface area contributed by atoms with Gasteiger partial charge in [-0.05, 0) is 11.6 Å². The SMILES string of the molecule is CCc1nnc2n1-c1ccccc1CS2. The number of aryl methyl sites for hydroxylation is 1. The maximum absolute atomic E-state index is 4.21. The Balaban J connectivity index is 2.27. The predicted octanol–water partition coefficient (Wildman–Crippen LogP) is 2.44. The molecule has 0 fully saturated rings. The summed E-state index contributed by atoms with van der Waals surface area (Å²) in [6.07, 6.45) is 0.919. The molecule has 1 aromatic heterocycles. The maximum atomic E-state index is 4.21. The Kier molecular flexibility index (Phi) is 2.02. The zero-order valence-electron chi connectivity index (χ0n) is 8.47. The first-order valence-electron chi connectivity index (χ1n) is 5.05. The van der Waals surface area contributed by atoms with Gasteiger partial charge in [-0.2, -0.15) is 0 Å². The highest BCUT2D eigenvalue weighted by atomic mass is 32.2. The van der Waals surface area contributed by atoms with Crippen LogP contribution in [0.4, 0.5) is 0 Å². The van der Waals surface area contributed by atoms with Crippen molar-refractivity contribution in [3.8, 4) is 5.69 Å². The fraction of sp³-hybridized carbons (Fsp3) is 0.273. The van der Waals surface area contributed by atoms with Gasteiger partial charge in [-0.15, -0.1) is 10.2 Å². The Morgan fingerprint density at radius 1 is 1.33 bits per heavy atom. The van der Waals surface area contributed by atoms with Crippen LogP contribution in [0.15, 0.2) is 29.4 Å². The molecule has 4 heteroatoms. The van der Waals surface area contributed by atoms with Gasteiger partial charge in [0.05, 0.1) is 5.69 Å². The smallest absolute Gasteiger partial charge is 0.196 e. The molecule has 3 nitrogen and oxygen atoms in total. The van der Waals surface area contributed by atoms with Crippen LogP contribution in [0.5, 0.6) is 0 Å². The fourth-order valence-electron chi connectivity index (χ4n) is 1.86. The molecular weight excluding hydrogens is 206 g/mol. The quantitative estimate of drug-likeness (QED) is 0.735. The van der Waals surface area contributed by atoms with Crippen molar-refractivity contribution in [2.24, 2.45) is 0 Å². The lowest BCUT2D eigenvalue weighted by Gasteiger charge is -2.18. The highest BCUT2D eigenvalue weighted by Gasteiger charge is 2.20. The molecule has 0 saturated heterocycles. The van der Waals surface area contributed by atoms with E-state index >= 15 is 0 Å². The second kappa shape index (κ2) is 3.38. The number of hydrogen-bond acceptors (Lipinski definition) is 3. The minimum Gasteiger partial charge on any atom is -0.274 e. The number of hydrogen-bond donors (Lipinski definition) is 0. The zero-order valence-corrected chi connectivity index (χ0v) is 9.29. The van der Waals surface area contributed by atoms with E-state index in [0.29, 0.717) is 0 Å². The van der Waals surface area contributed by atoms with Gasteiger partial charge in [0.1, 0.15) is 5.82 Å². The molecule has 76 valence electrons. The van der Waals surface area contributed by atoms with Crippen LogP contribution in [0.3, 0.4) is 0 Å². The van der Waals surface area contributed by atoms with E-state index in [1.54, 1.807) is 11.8 Å². The lowest BCUT2D eigenvalue weighted by molar-refractivity contribution is 0.820. The molecule has 1 aromatic carbocycles. The van der Waals surface area contributed by atoms with Gasteiger partial charge in [0.2, 0.25) is 0 Å². The first kappa shape index (κ1) is 8.97. The van der Waals surface area contributed by atoms with Crippen molar-refractivity contribution in [2.45, 2.75) is 24.3 Å². The third-order valence-electron chi connectivity index (χ3n) is 2.61. The fourth-order valence-corrected chi connectivity index (χ4v) is 2.82. The first-order valence-corrected chi connectivity index (χ1v) is 6.04. The summed E-state index contributed by atoms with van der Waals surface area (Å²) in [7, 11) is 0. The molecule has 2 heterocycles. The Bertz CT molecular complexity index is 491. The summed E-state index contributed by atoms with van der Waals surface area (Å²) in [5, 5.41) is 9.43. The molecule has 0 bridgehead atoms. The summed E-state index contributed by atoms with van der Waals surface area (Å²) in [4.78, 5) is 0. The molecule has 0 radical (unpaired) electrons. The highest BCUT2D eigenvalue weighted by Crippen LogP contribution is 2.33. The van der Waals surface area contributed by atoms with Crippen molar-refractivity contribution in [2.75, 3.05) is 0 Å². The van der Waals surface area contributed by atoms with Crippen LogP contribution in [0.2, 0.25) is 0 Å². The van der Waals surface area contributed by atoms with Gasteiger partial charge >= 0.3 is 0 Å². The van der Waals surface area contributed by atoms with E-state index in [2.05, 4.69) is 46.0 Å². The summed E-state index contributed by atoms with van der Waals surface area (Å²) >= 11 is 1.76. The first-order chi connectivity index (χ1) is 7.40. The minimum absolute atomic E-state index is 0.919. The van der Waals surface area contributed by atoms with Crippen LogP contribution in [0, 0.1) is 0 Å². The molecule has 0 N–H and O–H groups in total. The second-order valence-corrected chi connectivity index (χ2v) is 4.45. The molecular formula is C11H11N3S. The molecule has 1 aliphatic rings. The van der Waals surface area contributed by atoms with E-state index in [-0.39, 0.29) is 0 Å². The van der Waals surface area contributed by atoms with E-state index in [9.17, 15) is 0 Å². The maximum Gasteiger partial charge on any atom is 0.196 e. The third-order valence-corrected chi connectivity index (χ3v) is 3.58. The van der Waals surface area contributed by atoms with Crippen LogP contribution >= 0.6 is 11.8 Å². The summed E-state index contributed by atoms with van der Waals surface area (Å²) in [6.45, 7) is 2.11. The number of para-hydroxylation sites is 1. The van der Waals surface area contributed by atoms with Crippen molar-refractivity contribution in [3.63, 3.8) is 0 Å². The summed E-state index contributed by atoms with van der Waals surface area (Å²) in [6, 6.07) is 8.46. The van der Waals surface area contributed by atoms with Crippen molar-refractivity contribution in [1.82, 2.24) is 14.8 Å². The molecule has 0 saturated carbocycles. The standard InChI is InChI=1S/C11H11N3S/c1-2-10-12-13-11-14(10)9-6-4-3-5-8(9)7-15-11/h3-6H,2,7H2,1H3. The summed E-state index contributed by atoms with van der Waals surface area (Å²) in [5.41, 5.74) is 2.61. The summed E-state index contributed by atoms with van der Waals surface area (Å²) in [5.74, 6) is 2.04. The van der Waals surface area contributed by atoms with E-state index < -0.39 is 0 Å². The van der Waals surface area contributed by atoms with Gasteiger partial charge < -0.3 is 0 Å². The number of benzene rings is 1. The second-order valence-electron chi connectivity index (χ2n) is 3.51. The van der Waals surface area contributed by atoms with E-state index in [1.165, 1.54) is 11.3 Å².